The fraction of sp³-hybridized carbons (Fsp3) is 0.0667. The van der Waals surface area contributed by atoms with E-state index < -0.39 is 0 Å². The third-order valence-corrected chi connectivity index (χ3v) is 3.06. The molecule has 2 N–H and O–H groups in total. The molecule has 0 radical (unpaired) electrons. The molecule has 0 aliphatic rings. The molecule has 5 heteroatoms. The highest BCUT2D eigenvalue weighted by Gasteiger charge is 2.10. The van der Waals surface area contributed by atoms with Gasteiger partial charge in [-0.3, -0.25) is 4.57 Å². The van der Waals surface area contributed by atoms with E-state index in [0.29, 0.717) is 5.82 Å². The largest absolute Gasteiger partial charge is 0.495 e. The van der Waals surface area contributed by atoms with Gasteiger partial charge in [-0.05, 0) is 24.3 Å². The van der Waals surface area contributed by atoms with Crippen LogP contribution in [0.15, 0.2) is 55.1 Å². The molecule has 0 fully saturated rings. The molecule has 0 spiro atoms. The molecule has 5 nitrogen and oxygen atoms in total. The standard InChI is InChI=1S/C15H14N4O/c1-20-14-5-3-2-4-12(14)19-10-17-9-13(19)11-6-7-18-15(16)8-11/h2-10H,1H3,(H2,16,18). The second-order valence-corrected chi connectivity index (χ2v) is 4.29. The lowest BCUT2D eigenvalue weighted by Crippen LogP contribution is -1.99. The van der Waals surface area contributed by atoms with Crippen molar-refractivity contribution in [2.24, 2.45) is 0 Å². The van der Waals surface area contributed by atoms with Crippen LogP contribution < -0.4 is 10.5 Å². The monoisotopic (exact) mass is 266 g/mol. The van der Waals surface area contributed by atoms with E-state index in [9.17, 15) is 0 Å². The number of imidazole rings is 1. The number of para-hydroxylation sites is 2. The summed E-state index contributed by atoms with van der Waals surface area (Å²) >= 11 is 0. The molecule has 2 aromatic heterocycles. The summed E-state index contributed by atoms with van der Waals surface area (Å²) in [5, 5.41) is 0. The van der Waals surface area contributed by atoms with E-state index in [-0.39, 0.29) is 0 Å². The number of nitrogens with two attached hydrogens (primary N) is 1. The number of hydrogen-bond donors (Lipinski definition) is 1. The lowest BCUT2D eigenvalue weighted by Gasteiger charge is -2.12. The van der Waals surface area contributed by atoms with Crippen LogP contribution in [0.25, 0.3) is 16.9 Å². The number of rotatable bonds is 3. The first kappa shape index (κ1) is 12.2. The van der Waals surface area contributed by atoms with Gasteiger partial charge in [-0.25, -0.2) is 9.97 Å². The van der Waals surface area contributed by atoms with E-state index >= 15 is 0 Å². The maximum absolute atomic E-state index is 5.74. The smallest absolute Gasteiger partial charge is 0.142 e. The number of benzene rings is 1. The van der Waals surface area contributed by atoms with Gasteiger partial charge >= 0.3 is 0 Å². The van der Waals surface area contributed by atoms with Crippen LogP contribution in [0.4, 0.5) is 5.82 Å². The van der Waals surface area contributed by atoms with Gasteiger partial charge < -0.3 is 10.5 Å². The number of nitrogens with zero attached hydrogens (tertiary/aromatic N) is 3. The number of pyridine rings is 1. The van der Waals surface area contributed by atoms with Gasteiger partial charge in [0.1, 0.15) is 11.6 Å². The Balaban J connectivity index is 2.15. The predicted octanol–water partition coefficient (Wildman–Crippen LogP) is 2.53. The minimum Gasteiger partial charge on any atom is -0.495 e. The Hall–Kier alpha value is -2.82. The molecule has 1 aromatic carbocycles. The van der Waals surface area contributed by atoms with Crippen LogP contribution in [0.2, 0.25) is 0 Å². The second-order valence-electron chi connectivity index (χ2n) is 4.29. The Morgan fingerprint density at radius 1 is 1.20 bits per heavy atom. The van der Waals surface area contributed by atoms with Crippen molar-refractivity contribution in [1.29, 1.82) is 0 Å². The fourth-order valence-electron chi connectivity index (χ4n) is 2.14. The minimum absolute atomic E-state index is 0.482. The molecule has 0 unspecified atom stereocenters. The average molecular weight is 266 g/mol. The van der Waals surface area contributed by atoms with E-state index in [1.54, 1.807) is 25.8 Å². The molecular formula is C15H14N4O. The molecule has 3 aromatic rings. The minimum atomic E-state index is 0.482. The zero-order valence-electron chi connectivity index (χ0n) is 11.0. The van der Waals surface area contributed by atoms with Gasteiger partial charge in [0.05, 0.1) is 31.0 Å². The quantitative estimate of drug-likeness (QED) is 0.791. The Morgan fingerprint density at radius 2 is 2.05 bits per heavy atom. The Morgan fingerprint density at radius 3 is 2.85 bits per heavy atom. The first-order valence-electron chi connectivity index (χ1n) is 6.17. The van der Waals surface area contributed by atoms with Gasteiger partial charge in [-0.1, -0.05) is 12.1 Å². The summed E-state index contributed by atoms with van der Waals surface area (Å²) in [6.45, 7) is 0. The number of ether oxygens (including phenoxy) is 1. The fourth-order valence-corrected chi connectivity index (χ4v) is 2.14. The molecule has 0 bridgehead atoms. The van der Waals surface area contributed by atoms with Gasteiger partial charge in [0.2, 0.25) is 0 Å². The van der Waals surface area contributed by atoms with Gasteiger partial charge in [0, 0.05) is 11.8 Å². The molecule has 0 saturated heterocycles. The van der Waals surface area contributed by atoms with Crippen LogP contribution in [0.3, 0.4) is 0 Å². The van der Waals surface area contributed by atoms with Gasteiger partial charge in [0.25, 0.3) is 0 Å². The van der Waals surface area contributed by atoms with Crippen molar-refractivity contribution in [2.45, 2.75) is 0 Å². The van der Waals surface area contributed by atoms with E-state index in [0.717, 1.165) is 22.7 Å². The van der Waals surface area contributed by atoms with E-state index in [1.165, 1.54) is 0 Å². The van der Waals surface area contributed by atoms with Crippen LogP contribution in [0.1, 0.15) is 0 Å². The molecule has 0 atom stereocenters. The van der Waals surface area contributed by atoms with Crippen molar-refractivity contribution in [3.8, 4) is 22.7 Å². The van der Waals surface area contributed by atoms with Gasteiger partial charge in [-0.2, -0.15) is 0 Å². The molecule has 20 heavy (non-hydrogen) atoms. The topological polar surface area (TPSA) is 66.0 Å². The summed E-state index contributed by atoms with van der Waals surface area (Å²) in [6, 6.07) is 11.5. The summed E-state index contributed by atoms with van der Waals surface area (Å²) in [5.74, 6) is 1.27. The van der Waals surface area contributed by atoms with Crippen LogP contribution in [0.5, 0.6) is 5.75 Å². The number of hydrogen-bond acceptors (Lipinski definition) is 4. The van der Waals surface area contributed by atoms with Crippen LogP contribution in [-0.2, 0) is 0 Å². The predicted molar refractivity (Wildman–Crippen MR) is 77.8 cm³/mol. The lowest BCUT2D eigenvalue weighted by molar-refractivity contribution is 0.413. The van der Waals surface area contributed by atoms with E-state index in [4.69, 9.17) is 10.5 Å². The van der Waals surface area contributed by atoms with Crippen molar-refractivity contribution in [3.63, 3.8) is 0 Å². The lowest BCUT2D eigenvalue weighted by atomic mass is 10.2. The molecule has 100 valence electrons. The summed E-state index contributed by atoms with van der Waals surface area (Å²) < 4.78 is 7.36. The van der Waals surface area contributed by atoms with Crippen LogP contribution in [-0.4, -0.2) is 21.6 Å². The number of anilines is 1. The Labute approximate surface area is 116 Å². The van der Waals surface area contributed by atoms with Crippen LogP contribution in [0, 0.1) is 0 Å². The molecular weight excluding hydrogens is 252 g/mol. The highest BCUT2D eigenvalue weighted by Crippen LogP contribution is 2.28. The van der Waals surface area contributed by atoms with Crippen molar-refractivity contribution >= 4 is 5.82 Å². The summed E-state index contributed by atoms with van der Waals surface area (Å²) in [5.41, 5.74) is 8.57. The first-order chi connectivity index (χ1) is 9.79. The number of methoxy groups -OCH3 is 1. The maximum atomic E-state index is 5.74. The third-order valence-electron chi connectivity index (χ3n) is 3.06. The number of nitrogen functional groups attached to an aromatic ring is 1. The van der Waals surface area contributed by atoms with Crippen molar-refractivity contribution < 1.29 is 4.74 Å². The SMILES string of the molecule is COc1ccccc1-n1cncc1-c1ccnc(N)c1. The molecule has 0 saturated carbocycles. The van der Waals surface area contributed by atoms with Gasteiger partial charge in [0.15, 0.2) is 0 Å². The van der Waals surface area contributed by atoms with Crippen molar-refractivity contribution in [1.82, 2.24) is 14.5 Å². The van der Waals surface area contributed by atoms with E-state index in [1.807, 2.05) is 41.0 Å². The van der Waals surface area contributed by atoms with Crippen molar-refractivity contribution in [2.75, 3.05) is 12.8 Å². The highest BCUT2D eigenvalue weighted by molar-refractivity contribution is 5.65. The Bertz CT molecular complexity index is 736. The summed E-state index contributed by atoms with van der Waals surface area (Å²) in [7, 11) is 1.65. The zero-order chi connectivity index (χ0) is 13.9. The third kappa shape index (κ3) is 2.09. The van der Waals surface area contributed by atoms with Crippen LogP contribution >= 0.6 is 0 Å². The normalized spacial score (nSPS) is 10.4. The van der Waals surface area contributed by atoms with Crippen molar-refractivity contribution in [3.05, 3.63) is 55.1 Å². The maximum Gasteiger partial charge on any atom is 0.142 e. The molecule has 0 aliphatic heterocycles. The Kier molecular flexibility index (Phi) is 3.09. The molecule has 0 aliphatic carbocycles. The number of aromatic nitrogens is 3. The average Bonchev–Trinajstić information content (AvgIpc) is 2.96. The summed E-state index contributed by atoms with van der Waals surface area (Å²) in [6.07, 6.45) is 5.23. The van der Waals surface area contributed by atoms with Gasteiger partial charge in [-0.15, -0.1) is 0 Å². The van der Waals surface area contributed by atoms with E-state index in [2.05, 4.69) is 9.97 Å². The first-order valence-corrected chi connectivity index (χ1v) is 6.17. The molecule has 0 amide bonds. The second kappa shape index (κ2) is 5.05. The summed E-state index contributed by atoms with van der Waals surface area (Å²) in [4.78, 5) is 8.24. The molecule has 3 rings (SSSR count). The highest BCUT2D eigenvalue weighted by atomic mass is 16.5. The zero-order valence-corrected chi connectivity index (χ0v) is 11.0. The molecule has 2 heterocycles.